The average Bonchev–Trinajstić information content (AvgIpc) is 3.22. The van der Waals surface area contributed by atoms with Gasteiger partial charge < -0.3 is 33.7 Å². The summed E-state index contributed by atoms with van der Waals surface area (Å²) in [5.74, 6) is -2.29. The Bertz CT molecular complexity index is 1250. The molecule has 2 heterocycles. The van der Waals surface area contributed by atoms with Gasteiger partial charge in [-0.3, -0.25) is 19.2 Å². The zero-order valence-electron chi connectivity index (χ0n) is 23.3. The maximum Gasteiger partial charge on any atom is 0.303 e. The Labute approximate surface area is 240 Å². The van der Waals surface area contributed by atoms with Gasteiger partial charge in [-0.15, -0.1) is 11.6 Å². The van der Waals surface area contributed by atoms with Crippen LogP contribution >= 0.6 is 23.4 Å². The van der Waals surface area contributed by atoms with E-state index in [-0.39, 0.29) is 19.2 Å². The first kappa shape index (κ1) is 32.8. The molecule has 0 aliphatic rings. The second kappa shape index (κ2) is 15.4. The van der Waals surface area contributed by atoms with Crippen molar-refractivity contribution in [3.05, 3.63) is 6.20 Å². The number of nitrogens with one attached hydrogen (secondary N) is 1. The number of aromatic nitrogens is 3. The van der Waals surface area contributed by atoms with Gasteiger partial charge in [-0.2, -0.15) is 0 Å². The summed E-state index contributed by atoms with van der Waals surface area (Å²) in [5, 5.41) is 3.56. The van der Waals surface area contributed by atoms with Crippen LogP contribution in [0.4, 0.5) is 11.5 Å². The summed E-state index contributed by atoms with van der Waals surface area (Å²) in [7, 11) is 3.60. The van der Waals surface area contributed by atoms with E-state index < -0.39 is 42.1 Å². The van der Waals surface area contributed by atoms with Gasteiger partial charge in [0, 0.05) is 41.1 Å². The van der Waals surface area contributed by atoms with E-state index in [1.54, 1.807) is 42.4 Å². The third kappa shape index (κ3) is 9.64. The number of halogens is 1. The zero-order chi connectivity index (χ0) is 30.0. The van der Waals surface area contributed by atoms with Gasteiger partial charge in [0.25, 0.3) is 0 Å². The number of carbonyl (C=O) groups excluding carboxylic acids is 4. The van der Waals surface area contributed by atoms with E-state index in [4.69, 9.17) is 30.5 Å². The predicted octanol–water partition coefficient (Wildman–Crippen LogP) is 2.34. The number of esters is 3. The molecule has 0 spiro atoms. The smallest absolute Gasteiger partial charge is 0.303 e. The zero-order valence-corrected chi connectivity index (χ0v) is 24.9. The summed E-state index contributed by atoms with van der Waals surface area (Å²) in [6, 6.07) is 0. The highest BCUT2D eigenvalue weighted by atomic mass is 35.5. The lowest BCUT2D eigenvalue weighted by Gasteiger charge is -2.30. The number of thioether (sulfide) groups is 1. The minimum Gasteiger partial charge on any atom is -0.463 e. The van der Waals surface area contributed by atoms with Crippen LogP contribution in [0.5, 0.6) is 0 Å². The molecule has 14 nitrogen and oxygen atoms in total. The summed E-state index contributed by atoms with van der Waals surface area (Å²) in [6.45, 7) is 4.64. The molecule has 16 heteroatoms. The van der Waals surface area contributed by atoms with Crippen LogP contribution < -0.4 is 5.32 Å². The largest absolute Gasteiger partial charge is 0.463 e. The molecule has 220 valence electrons. The fourth-order valence-electron chi connectivity index (χ4n) is 3.49. The number of fused-ring (bicyclic) bond motifs is 1. The highest BCUT2D eigenvalue weighted by molar-refractivity contribution is 7.98. The highest BCUT2D eigenvalue weighted by Gasteiger charge is 2.34. The monoisotopic (exact) mass is 600 g/mol. The minimum atomic E-state index is -1.12. The highest BCUT2D eigenvalue weighted by Crippen LogP contribution is 2.34. The van der Waals surface area contributed by atoms with Crippen LogP contribution in [0.2, 0.25) is 0 Å². The Morgan fingerprint density at radius 2 is 1.82 bits per heavy atom. The van der Waals surface area contributed by atoms with Crippen LogP contribution in [0, 0.1) is 0 Å². The number of hydrogen-bond donors (Lipinski definition) is 1. The van der Waals surface area contributed by atoms with Gasteiger partial charge in [-0.1, -0.05) is 11.8 Å². The Morgan fingerprint density at radius 1 is 1.15 bits per heavy atom. The van der Waals surface area contributed by atoms with Crippen LogP contribution in [-0.2, 0) is 44.9 Å². The lowest BCUT2D eigenvalue weighted by molar-refractivity contribution is -0.186. The number of amides is 1. The molecular formula is C24H33ClN6O8S. The van der Waals surface area contributed by atoms with Gasteiger partial charge in [-0.05, 0) is 13.2 Å². The maximum absolute atomic E-state index is 12.2. The standard InChI is InChI=1S/C24H33ClN6O8S/c1-13(38-15(3)33)21(39-16(4)34)18(10-36-14(2)32)37-12-31-9-17(27-19(35)8-25)20-22(26-11-30(5)6)28-24(40-7)29-23(20)31/h9,11,13,18,21H,8,10,12H2,1-7H3,(H,27,35)/t13-,18+,21-/m0/s1. The Balaban J connectivity index is 2.58. The molecule has 3 atom stereocenters. The molecule has 1 N–H and O–H groups in total. The maximum atomic E-state index is 12.2. The van der Waals surface area contributed by atoms with E-state index in [2.05, 4.69) is 20.3 Å². The summed E-state index contributed by atoms with van der Waals surface area (Å²) >= 11 is 7.01. The van der Waals surface area contributed by atoms with E-state index >= 15 is 0 Å². The number of hydrogen-bond acceptors (Lipinski definition) is 12. The molecule has 0 unspecified atom stereocenters. The molecule has 0 aromatic carbocycles. The quantitative estimate of drug-likeness (QED) is 0.0641. The van der Waals surface area contributed by atoms with E-state index in [0.717, 1.165) is 0 Å². The molecule has 0 radical (unpaired) electrons. The number of aliphatic imine (C=N–C) groups is 1. The lowest BCUT2D eigenvalue weighted by atomic mass is 10.1. The molecule has 0 saturated heterocycles. The van der Waals surface area contributed by atoms with Crippen LogP contribution in [0.1, 0.15) is 27.7 Å². The number of anilines is 1. The van der Waals surface area contributed by atoms with Crippen molar-refractivity contribution < 1.29 is 38.1 Å². The summed E-state index contributed by atoms with van der Waals surface area (Å²) in [4.78, 5) is 62.5. The first-order valence-electron chi connectivity index (χ1n) is 12.0. The minimum absolute atomic E-state index is 0.203. The number of ether oxygens (including phenoxy) is 4. The molecule has 0 saturated carbocycles. The second-order valence-electron chi connectivity index (χ2n) is 8.66. The van der Waals surface area contributed by atoms with Crippen LogP contribution in [0.3, 0.4) is 0 Å². The molecule has 1 amide bonds. The molecule has 40 heavy (non-hydrogen) atoms. The van der Waals surface area contributed by atoms with Gasteiger partial charge in [0.1, 0.15) is 31.4 Å². The van der Waals surface area contributed by atoms with Crippen molar-refractivity contribution in [1.29, 1.82) is 0 Å². The van der Waals surface area contributed by atoms with Crippen molar-refractivity contribution in [2.24, 2.45) is 4.99 Å². The average molecular weight is 601 g/mol. The second-order valence-corrected chi connectivity index (χ2v) is 9.70. The van der Waals surface area contributed by atoms with Crippen LogP contribution in [0.25, 0.3) is 11.0 Å². The molecule has 0 bridgehead atoms. The molecule has 0 aliphatic heterocycles. The predicted molar refractivity (Wildman–Crippen MR) is 149 cm³/mol. The van der Waals surface area contributed by atoms with E-state index in [1.165, 1.54) is 39.5 Å². The van der Waals surface area contributed by atoms with Crippen molar-refractivity contribution >= 4 is 76.1 Å². The molecule has 2 aromatic heterocycles. The molecular weight excluding hydrogens is 568 g/mol. The van der Waals surface area contributed by atoms with E-state index in [9.17, 15) is 19.2 Å². The van der Waals surface area contributed by atoms with Crippen molar-refractivity contribution in [2.45, 2.75) is 57.9 Å². The Morgan fingerprint density at radius 3 is 2.38 bits per heavy atom. The summed E-state index contributed by atoms with van der Waals surface area (Å²) < 4.78 is 23.4. The SMILES string of the molecule is CSc1nc(N=CN(C)C)c2c(NC(=O)CCl)cn(CO[C@H](COC(C)=O)[C@@H](OC(C)=O)[C@H](C)OC(C)=O)c2n1. The lowest BCUT2D eigenvalue weighted by Crippen LogP contribution is -2.45. The number of nitrogens with zero attached hydrogens (tertiary/aromatic N) is 5. The summed E-state index contributed by atoms with van der Waals surface area (Å²) in [5.41, 5.74) is 0.711. The van der Waals surface area contributed by atoms with Gasteiger partial charge in [0.05, 0.1) is 17.4 Å². The first-order chi connectivity index (χ1) is 18.9. The van der Waals surface area contributed by atoms with Crippen LogP contribution in [-0.4, -0.2) is 101 Å². The van der Waals surface area contributed by atoms with Crippen molar-refractivity contribution in [3.63, 3.8) is 0 Å². The van der Waals surface area contributed by atoms with Gasteiger partial charge in [0.15, 0.2) is 22.7 Å². The number of alkyl halides is 1. The van der Waals surface area contributed by atoms with Crippen LogP contribution in [0.15, 0.2) is 16.3 Å². The van der Waals surface area contributed by atoms with E-state index in [1.807, 2.05) is 0 Å². The first-order valence-corrected chi connectivity index (χ1v) is 13.7. The van der Waals surface area contributed by atoms with Crippen molar-refractivity contribution in [3.8, 4) is 0 Å². The normalized spacial score (nSPS) is 13.5. The van der Waals surface area contributed by atoms with Gasteiger partial charge >= 0.3 is 17.9 Å². The molecule has 0 fully saturated rings. The summed E-state index contributed by atoms with van der Waals surface area (Å²) in [6.07, 6.45) is 1.84. The topological polar surface area (TPSA) is 164 Å². The number of rotatable bonds is 14. The fourth-order valence-corrected chi connectivity index (χ4v) is 3.91. The van der Waals surface area contributed by atoms with E-state index in [0.29, 0.717) is 27.7 Å². The molecule has 2 aromatic rings. The number of carbonyl (C=O) groups is 4. The third-order valence-corrected chi connectivity index (χ3v) is 5.82. The Kier molecular flexibility index (Phi) is 12.6. The third-order valence-electron chi connectivity index (χ3n) is 5.03. The molecule has 2 rings (SSSR count). The fraction of sp³-hybridized carbons (Fsp3) is 0.542. The van der Waals surface area contributed by atoms with Gasteiger partial charge in [-0.25, -0.2) is 15.0 Å². The van der Waals surface area contributed by atoms with Gasteiger partial charge in [0.2, 0.25) is 5.91 Å². The Hall–Kier alpha value is -3.43. The van der Waals surface area contributed by atoms with Crippen molar-refractivity contribution in [2.75, 3.05) is 38.2 Å². The molecule has 0 aliphatic carbocycles. The van der Waals surface area contributed by atoms with Crippen molar-refractivity contribution in [1.82, 2.24) is 19.4 Å².